The summed E-state index contributed by atoms with van der Waals surface area (Å²) in [5, 5.41) is 4.29. The number of esters is 1. The maximum absolute atomic E-state index is 14.5. The van der Waals surface area contributed by atoms with Crippen molar-refractivity contribution in [2.75, 3.05) is 20.8 Å². The van der Waals surface area contributed by atoms with Crippen molar-refractivity contribution in [3.63, 3.8) is 0 Å². The zero-order valence-electron chi connectivity index (χ0n) is 24.5. The molecule has 5 aromatic rings. The number of hydrogen-bond acceptors (Lipinski definition) is 7. The highest BCUT2D eigenvalue weighted by Crippen LogP contribution is 2.39. The smallest absolute Gasteiger partial charge is 0.338 e. The highest BCUT2D eigenvalue weighted by atomic mass is 32.1. The molecule has 1 aliphatic rings. The highest BCUT2D eigenvalue weighted by Gasteiger charge is 2.36. The number of carbonyl (C=O) groups is 1. The number of hydrogen-bond donors (Lipinski definition) is 0. The summed E-state index contributed by atoms with van der Waals surface area (Å²) in [6.07, 6.45) is 3.28. The number of aromatic nitrogens is 1. The second kappa shape index (κ2) is 11.9. The largest absolute Gasteiger partial charge is 0.497 e. The number of fused-ring (bicyclic) bond motifs is 3. The standard InChI is InChI=1S/C35H32N2O5S/c1-5-11-28-31(34(39)42-6-2)32(27-19-23(40-3)16-17-29(27)41-4)37-33(38)30(43-35(37)36-28)20-26-24-14-9-7-12-21(24)18-22-13-8-10-15-25(22)26/h7-10,12-20,32H,5-6,11H2,1-4H3/b30-20-/t32-/m0/s1. The molecular formula is C35H32N2O5S. The van der Waals surface area contributed by atoms with Crippen LogP contribution in [0.4, 0.5) is 0 Å². The van der Waals surface area contributed by atoms with E-state index in [9.17, 15) is 9.59 Å². The second-order valence-electron chi connectivity index (χ2n) is 10.3. The molecule has 7 nitrogen and oxygen atoms in total. The summed E-state index contributed by atoms with van der Waals surface area (Å²) < 4.78 is 19.0. The average molecular weight is 593 g/mol. The van der Waals surface area contributed by atoms with E-state index in [0.717, 1.165) is 33.5 Å². The third-order valence-electron chi connectivity index (χ3n) is 7.71. The van der Waals surface area contributed by atoms with Gasteiger partial charge in [0.25, 0.3) is 5.56 Å². The molecule has 0 amide bonds. The third kappa shape index (κ3) is 5.02. The Morgan fingerprint density at radius 2 is 1.65 bits per heavy atom. The minimum atomic E-state index is -0.812. The molecule has 0 saturated carbocycles. The molecule has 0 N–H and O–H groups in total. The number of rotatable bonds is 8. The maximum Gasteiger partial charge on any atom is 0.338 e. The van der Waals surface area contributed by atoms with Crippen LogP contribution in [0, 0.1) is 0 Å². The molecule has 0 fully saturated rings. The number of methoxy groups -OCH3 is 2. The number of carbonyl (C=O) groups excluding carboxylic acids is 1. The fourth-order valence-corrected chi connectivity index (χ4v) is 6.81. The summed E-state index contributed by atoms with van der Waals surface area (Å²) in [6.45, 7) is 4.00. The molecule has 1 aliphatic heterocycles. The van der Waals surface area contributed by atoms with Gasteiger partial charge in [-0.05, 0) is 70.8 Å². The lowest BCUT2D eigenvalue weighted by Gasteiger charge is -2.27. The molecule has 0 unspecified atom stereocenters. The van der Waals surface area contributed by atoms with Crippen molar-refractivity contribution >= 4 is 44.9 Å². The zero-order chi connectivity index (χ0) is 30.1. The highest BCUT2D eigenvalue weighted by molar-refractivity contribution is 7.07. The van der Waals surface area contributed by atoms with Gasteiger partial charge in [0.2, 0.25) is 0 Å². The van der Waals surface area contributed by atoms with Crippen LogP contribution in [0.3, 0.4) is 0 Å². The van der Waals surface area contributed by atoms with Gasteiger partial charge in [-0.15, -0.1) is 0 Å². The first-order valence-electron chi connectivity index (χ1n) is 14.3. The van der Waals surface area contributed by atoms with Gasteiger partial charge in [-0.1, -0.05) is 73.2 Å². The summed E-state index contributed by atoms with van der Waals surface area (Å²) in [5.74, 6) is 0.608. The maximum atomic E-state index is 14.5. The van der Waals surface area contributed by atoms with Gasteiger partial charge >= 0.3 is 5.97 Å². The molecular weight excluding hydrogens is 560 g/mol. The molecule has 6 rings (SSSR count). The lowest BCUT2D eigenvalue weighted by Crippen LogP contribution is -2.40. The Balaban J connectivity index is 1.69. The number of ether oxygens (including phenoxy) is 3. The van der Waals surface area contributed by atoms with Crippen LogP contribution in [0.2, 0.25) is 0 Å². The van der Waals surface area contributed by atoms with E-state index in [1.54, 1.807) is 37.8 Å². The third-order valence-corrected chi connectivity index (χ3v) is 8.69. The fourth-order valence-electron chi connectivity index (χ4n) is 5.80. The number of nitrogens with zero attached hydrogens (tertiary/aromatic N) is 2. The molecule has 43 heavy (non-hydrogen) atoms. The molecule has 1 aromatic heterocycles. The van der Waals surface area contributed by atoms with Crippen molar-refractivity contribution in [3.8, 4) is 11.5 Å². The predicted octanol–water partition coefficient (Wildman–Crippen LogP) is 5.90. The first-order valence-corrected chi connectivity index (χ1v) is 15.1. The van der Waals surface area contributed by atoms with Gasteiger partial charge in [0.1, 0.15) is 17.5 Å². The molecule has 218 valence electrons. The monoisotopic (exact) mass is 592 g/mol. The lowest BCUT2D eigenvalue weighted by atomic mass is 9.93. The first-order chi connectivity index (χ1) is 21.0. The zero-order valence-corrected chi connectivity index (χ0v) is 25.4. The molecule has 2 heterocycles. The molecule has 1 atom stereocenters. The minimum Gasteiger partial charge on any atom is -0.497 e. The van der Waals surface area contributed by atoms with Crippen LogP contribution >= 0.6 is 11.3 Å². The Hall–Kier alpha value is -4.69. The van der Waals surface area contributed by atoms with Gasteiger partial charge in [0.15, 0.2) is 4.80 Å². The van der Waals surface area contributed by atoms with Crippen LogP contribution < -0.4 is 24.4 Å². The van der Waals surface area contributed by atoms with Crippen molar-refractivity contribution in [1.29, 1.82) is 0 Å². The SMILES string of the molecule is CCCC1=C(C(=O)OCC)[C@H](c2cc(OC)ccc2OC)n2c(s/c(=C\c3c4ccccc4cc4ccccc34)c2=O)=N1. The summed E-state index contributed by atoms with van der Waals surface area (Å²) in [4.78, 5) is 33.5. The van der Waals surface area contributed by atoms with E-state index in [4.69, 9.17) is 19.2 Å². The van der Waals surface area contributed by atoms with Crippen LogP contribution in [0.25, 0.3) is 27.6 Å². The van der Waals surface area contributed by atoms with E-state index in [1.165, 1.54) is 11.3 Å². The van der Waals surface area contributed by atoms with Gasteiger partial charge < -0.3 is 14.2 Å². The lowest BCUT2D eigenvalue weighted by molar-refractivity contribution is -0.139. The summed E-state index contributed by atoms with van der Waals surface area (Å²) in [5.41, 5.74) is 2.29. The van der Waals surface area contributed by atoms with Crippen molar-refractivity contribution in [3.05, 3.63) is 115 Å². The summed E-state index contributed by atoms with van der Waals surface area (Å²) in [7, 11) is 3.15. The number of benzene rings is 4. The van der Waals surface area contributed by atoms with Gasteiger partial charge in [-0.25, -0.2) is 9.79 Å². The Kier molecular flexibility index (Phi) is 7.86. The normalized spacial score (nSPS) is 15.0. The van der Waals surface area contributed by atoms with Crippen LogP contribution in [0.1, 0.15) is 43.9 Å². The Morgan fingerprint density at radius 1 is 0.953 bits per heavy atom. The fraction of sp³-hybridized carbons (Fsp3) is 0.229. The second-order valence-corrected chi connectivity index (χ2v) is 11.3. The van der Waals surface area contributed by atoms with E-state index in [0.29, 0.717) is 44.1 Å². The molecule has 0 aliphatic carbocycles. The first kappa shape index (κ1) is 28.4. The number of thiazole rings is 1. The van der Waals surface area contributed by atoms with Gasteiger partial charge in [0.05, 0.1) is 36.6 Å². The Labute approximate surface area is 253 Å². The van der Waals surface area contributed by atoms with E-state index in [1.807, 2.05) is 43.3 Å². The van der Waals surface area contributed by atoms with E-state index < -0.39 is 12.0 Å². The van der Waals surface area contributed by atoms with Gasteiger partial charge in [-0.2, -0.15) is 0 Å². The van der Waals surface area contributed by atoms with E-state index in [2.05, 4.69) is 30.3 Å². The Morgan fingerprint density at radius 3 is 2.28 bits per heavy atom. The van der Waals surface area contributed by atoms with E-state index >= 15 is 0 Å². The minimum absolute atomic E-state index is 0.197. The molecule has 0 spiro atoms. The van der Waals surface area contributed by atoms with Crippen LogP contribution in [-0.2, 0) is 9.53 Å². The molecule has 0 bridgehead atoms. The van der Waals surface area contributed by atoms with Crippen LogP contribution in [0.15, 0.2) is 93.9 Å². The molecule has 8 heteroatoms. The van der Waals surface area contributed by atoms with Gasteiger partial charge in [-0.3, -0.25) is 9.36 Å². The van der Waals surface area contributed by atoms with Crippen molar-refractivity contribution in [2.24, 2.45) is 4.99 Å². The quantitative estimate of drug-likeness (QED) is 0.166. The number of allylic oxidation sites excluding steroid dienone is 1. The Bertz CT molecular complexity index is 2040. The molecule has 4 aromatic carbocycles. The average Bonchev–Trinajstić information content (AvgIpc) is 3.34. The topological polar surface area (TPSA) is 79.1 Å². The predicted molar refractivity (Wildman–Crippen MR) is 171 cm³/mol. The molecule has 0 saturated heterocycles. The van der Waals surface area contributed by atoms with Crippen molar-refractivity contribution < 1.29 is 19.0 Å². The summed E-state index contributed by atoms with van der Waals surface area (Å²) >= 11 is 1.32. The van der Waals surface area contributed by atoms with Crippen LogP contribution in [-0.4, -0.2) is 31.4 Å². The van der Waals surface area contributed by atoms with Crippen molar-refractivity contribution in [2.45, 2.75) is 32.7 Å². The summed E-state index contributed by atoms with van der Waals surface area (Å²) in [6, 6.07) is 23.1. The molecule has 0 radical (unpaired) electrons. The van der Waals surface area contributed by atoms with Crippen LogP contribution in [0.5, 0.6) is 11.5 Å². The van der Waals surface area contributed by atoms with E-state index in [-0.39, 0.29) is 12.2 Å². The van der Waals surface area contributed by atoms with Crippen molar-refractivity contribution in [1.82, 2.24) is 4.57 Å². The van der Waals surface area contributed by atoms with Gasteiger partial charge in [0, 0.05) is 5.56 Å².